The van der Waals surface area contributed by atoms with Crippen LogP contribution in [0.25, 0.3) is 0 Å². The zero-order valence-electron chi connectivity index (χ0n) is 6.76. The van der Waals surface area contributed by atoms with Gasteiger partial charge in [0.1, 0.15) is 11.6 Å². The highest BCUT2D eigenvalue weighted by atomic mass is 16.3. The Hall–Kier alpha value is -1.12. The zero-order chi connectivity index (χ0) is 9.02. The van der Waals surface area contributed by atoms with Gasteiger partial charge in [-0.15, -0.1) is 0 Å². The lowest BCUT2D eigenvalue weighted by atomic mass is 9.97. The minimum atomic E-state index is -0.715. The fraction of sp³-hybridized carbons (Fsp3) is 0.500. The molecular formula is C8H12O3. The molecule has 0 aromatic rings. The SMILES string of the molecule is C=C(O)C(CC(C)=O)C(C)=O. The van der Waals surface area contributed by atoms with Crippen molar-refractivity contribution in [2.45, 2.75) is 20.3 Å². The number of aliphatic hydroxyl groups excluding tert-OH is 1. The van der Waals surface area contributed by atoms with Crippen molar-refractivity contribution in [3.05, 3.63) is 12.3 Å². The van der Waals surface area contributed by atoms with Crippen molar-refractivity contribution in [3.63, 3.8) is 0 Å². The van der Waals surface area contributed by atoms with Gasteiger partial charge in [-0.2, -0.15) is 0 Å². The van der Waals surface area contributed by atoms with Crippen LogP contribution in [0, 0.1) is 5.92 Å². The first kappa shape index (κ1) is 9.88. The van der Waals surface area contributed by atoms with Gasteiger partial charge < -0.3 is 5.11 Å². The molecule has 0 saturated carbocycles. The van der Waals surface area contributed by atoms with E-state index in [0.717, 1.165) is 0 Å². The van der Waals surface area contributed by atoms with E-state index in [1.54, 1.807) is 0 Å². The molecule has 1 unspecified atom stereocenters. The van der Waals surface area contributed by atoms with Crippen LogP contribution in [0.1, 0.15) is 20.3 Å². The predicted octanol–water partition coefficient (Wildman–Crippen LogP) is 1.24. The number of carbonyl (C=O) groups excluding carboxylic acids is 2. The van der Waals surface area contributed by atoms with Gasteiger partial charge in [-0.05, 0) is 13.8 Å². The summed E-state index contributed by atoms with van der Waals surface area (Å²) in [5, 5.41) is 8.86. The lowest BCUT2D eigenvalue weighted by Gasteiger charge is -2.08. The van der Waals surface area contributed by atoms with Crippen molar-refractivity contribution >= 4 is 11.6 Å². The average molecular weight is 156 g/mol. The molecule has 0 aliphatic carbocycles. The van der Waals surface area contributed by atoms with E-state index in [2.05, 4.69) is 6.58 Å². The van der Waals surface area contributed by atoms with Gasteiger partial charge in [0.05, 0.1) is 11.7 Å². The van der Waals surface area contributed by atoms with Crippen LogP contribution in [0.5, 0.6) is 0 Å². The summed E-state index contributed by atoms with van der Waals surface area (Å²) in [7, 11) is 0. The first-order valence-electron chi connectivity index (χ1n) is 3.32. The molecule has 3 nitrogen and oxygen atoms in total. The summed E-state index contributed by atoms with van der Waals surface area (Å²) < 4.78 is 0. The molecule has 0 saturated heterocycles. The number of carbonyl (C=O) groups is 2. The smallest absolute Gasteiger partial charge is 0.140 e. The molecule has 0 aromatic carbocycles. The van der Waals surface area contributed by atoms with Gasteiger partial charge in [0.25, 0.3) is 0 Å². The lowest BCUT2D eigenvalue weighted by molar-refractivity contribution is -0.125. The van der Waals surface area contributed by atoms with Crippen LogP contribution in [0.2, 0.25) is 0 Å². The minimum Gasteiger partial charge on any atom is -0.512 e. The van der Waals surface area contributed by atoms with Gasteiger partial charge in [0, 0.05) is 6.42 Å². The van der Waals surface area contributed by atoms with Crippen molar-refractivity contribution in [2.75, 3.05) is 0 Å². The molecule has 0 fully saturated rings. The number of aliphatic hydroxyl groups is 1. The van der Waals surface area contributed by atoms with E-state index in [1.807, 2.05) is 0 Å². The topological polar surface area (TPSA) is 54.4 Å². The number of hydrogen-bond donors (Lipinski definition) is 1. The molecule has 0 amide bonds. The normalized spacial score (nSPS) is 12.2. The fourth-order valence-electron chi connectivity index (χ4n) is 0.784. The Balaban J connectivity index is 4.23. The summed E-state index contributed by atoms with van der Waals surface area (Å²) in [4.78, 5) is 21.3. The molecule has 0 rings (SSSR count). The minimum absolute atomic E-state index is 0.0463. The van der Waals surface area contributed by atoms with Crippen LogP contribution < -0.4 is 0 Å². The van der Waals surface area contributed by atoms with Crippen molar-refractivity contribution in [3.8, 4) is 0 Å². The van der Waals surface area contributed by atoms with E-state index >= 15 is 0 Å². The van der Waals surface area contributed by atoms with Crippen LogP contribution in [0.4, 0.5) is 0 Å². The molecule has 3 heteroatoms. The second kappa shape index (κ2) is 3.91. The molecule has 0 radical (unpaired) electrons. The van der Waals surface area contributed by atoms with E-state index < -0.39 is 5.92 Å². The zero-order valence-corrected chi connectivity index (χ0v) is 6.76. The highest BCUT2D eigenvalue weighted by molar-refractivity contribution is 5.87. The van der Waals surface area contributed by atoms with Gasteiger partial charge in [-0.25, -0.2) is 0 Å². The monoisotopic (exact) mass is 156 g/mol. The van der Waals surface area contributed by atoms with Crippen LogP contribution >= 0.6 is 0 Å². The molecule has 0 heterocycles. The number of ketones is 2. The summed E-state index contributed by atoms with van der Waals surface area (Å²) >= 11 is 0. The Morgan fingerprint density at radius 3 is 2.00 bits per heavy atom. The predicted molar refractivity (Wildman–Crippen MR) is 41.2 cm³/mol. The number of hydrogen-bond acceptors (Lipinski definition) is 3. The van der Waals surface area contributed by atoms with E-state index in [-0.39, 0.29) is 23.7 Å². The van der Waals surface area contributed by atoms with E-state index in [9.17, 15) is 9.59 Å². The highest BCUT2D eigenvalue weighted by Crippen LogP contribution is 2.12. The Bertz CT molecular complexity index is 180. The molecule has 1 N–H and O–H groups in total. The molecule has 0 bridgehead atoms. The van der Waals surface area contributed by atoms with Crippen molar-refractivity contribution in [2.24, 2.45) is 5.92 Å². The maximum Gasteiger partial charge on any atom is 0.140 e. The Morgan fingerprint density at radius 2 is 1.91 bits per heavy atom. The van der Waals surface area contributed by atoms with Gasteiger partial charge in [-0.1, -0.05) is 6.58 Å². The summed E-state index contributed by atoms with van der Waals surface area (Å²) in [5.41, 5.74) is 0. The van der Waals surface area contributed by atoms with E-state index in [1.165, 1.54) is 13.8 Å². The van der Waals surface area contributed by atoms with E-state index in [0.29, 0.717) is 0 Å². The van der Waals surface area contributed by atoms with Crippen molar-refractivity contribution in [1.82, 2.24) is 0 Å². The van der Waals surface area contributed by atoms with Crippen LogP contribution in [-0.2, 0) is 9.59 Å². The van der Waals surface area contributed by atoms with Crippen molar-refractivity contribution < 1.29 is 14.7 Å². The Kier molecular flexibility index (Phi) is 3.51. The second-order valence-corrected chi connectivity index (χ2v) is 2.56. The number of Topliss-reactive ketones (excluding diaryl/α,β-unsaturated/α-hetero) is 2. The van der Waals surface area contributed by atoms with Crippen molar-refractivity contribution in [1.29, 1.82) is 0 Å². The molecule has 0 aliphatic heterocycles. The maximum absolute atomic E-state index is 10.7. The quantitative estimate of drug-likeness (QED) is 0.623. The van der Waals surface area contributed by atoms with Crippen LogP contribution in [0.15, 0.2) is 12.3 Å². The summed E-state index contributed by atoms with van der Waals surface area (Å²) in [6.07, 6.45) is 0.0463. The number of rotatable bonds is 4. The Morgan fingerprint density at radius 1 is 1.45 bits per heavy atom. The summed E-state index contributed by atoms with van der Waals surface area (Å²) in [6.45, 7) is 5.91. The number of allylic oxidation sites excluding steroid dienone is 1. The third-order valence-electron chi connectivity index (χ3n) is 1.38. The van der Waals surface area contributed by atoms with Crippen LogP contribution in [-0.4, -0.2) is 16.7 Å². The maximum atomic E-state index is 10.7. The standard InChI is InChI=1S/C8H12O3/c1-5(9)4-8(6(2)10)7(3)11/h8,10H,2,4H2,1,3H3. The van der Waals surface area contributed by atoms with Gasteiger partial charge in [-0.3, -0.25) is 9.59 Å². The highest BCUT2D eigenvalue weighted by Gasteiger charge is 2.18. The molecule has 0 aromatic heterocycles. The third kappa shape index (κ3) is 3.55. The molecular weight excluding hydrogens is 144 g/mol. The first-order chi connectivity index (χ1) is 4.95. The second-order valence-electron chi connectivity index (χ2n) is 2.56. The van der Waals surface area contributed by atoms with Gasteiger partial charge >= 0.3 is 0 Å². The van der Waals surface area contributed by atoms with Crippen LogP contribution in [0.3, 0.4) is 0 Å². The first-order valence-corrected chi connectivity index (χ1v) is 3.32. The lowest BCUT2D eigenvalue weighted by Crippen LogP contribution is -2.16. The fourth-order valence-corrected chi connectivity index (χ4v) is 0.784. The van der Waals surface area contributed by atoms with Gasteiger partial charge in [0.15, 0.2) is 0 Å². The molecule has 62 valence electrons. The molecule has 11 heavy (non-hydrogen) atoms. The average Bonchev–Trinajstić information content (AvgIpc) is 1.81. The summed E-state index contributed by atoms with van der Waals surface area (Å²) in [6, 6.07) is 0. The molecule has 1 atom stereocenters. The molecule has 0 aliphatic rings. The van der Waals surface area contributed by atoms with E-state index in [4.69, 9.17) is 5.11 Å². The molecule has 0 spiro atoms. The summed E-state index contributed by atoms with van der Waals surface area (Å²) in [5.74, 6) is -1.30. The third-order valence-corrected chi connectivity index (χ3v) is 1.38. The van der Waals surface area contributed by atoms with Gasteiger partial charge in [0.2, 0.25) is 0 Å². The largest absolute Gasteiger partial charge is 0.512 e. The Labute approximate surface area is 65.7 Å².